The van der Waals surface area contributed by atoms with Crippen LogP contribution in [-0.2, 0) is 9.59 Å². The van der Waals surface area contributed by atoms with Crippen molar-refractivity contribution in [2.45, 2.75) is 19.3 Å². The fourth-order valence-electron chi connectivity index (χ4n) is 3.94. The summed E-state index contributed by atoms with van der Waals surface area (Å²) >= 11 is 0. The molecular formula is C17H23ClN2O4. The van der Waals surface area contributed by atoms with Gasteiger partial charge in [0.1, 0.15) is 5.75 Å². The van der Waals surface area contributed by atoms with Crippen molar-refractivity contribution in [3.8, 4) is 5.75 Å². The van der Waals surface area contributed by atoms with Crippen molar-refractivity contribution < 1.29 is 19.4 Å². The molecular weight excluding hydrogens is 332 g/mol. The van der Waals surface area contributed by atoms with E-state index >= 15 is 0 Å². The first kappa shape index (κ1) is 18.5. The number of rotatable bonds is 5. The quantitative estimate of drug-likeness (QED) is 0.847. The molecule has 1 saturated heterocycles. The van der Waals surface area contributed by atoms with Crippen LogP contribution in [0.5, 0.6) is 5.75 Å². The number of carboxylic acids is 1. The summed E-state index contributed by atoms with van der Waals surface area (Å²) in [5, 5.41) is 12.4. The number of hydrogen-bond donors (Lipinski definition) is 2. The predicted octanol–water partition coefficient (Wildman–Crippen LogP) is 2.24. The number of likely N-dealkylation sites (tertiary alicyclic amines) is 1. The van der Waals surface area contributed by atoms with Crippen molar-refractivity contribution in [3.63, 3.8) is 0 Å². The maximum Gasteiger partial charge on any atom is 0.311 e. The van der Waals surface area contributed by atoms with E-state index in [1.165, 1.54) is 0 Å². The number of aliphatic carboxylic acids is 1. The number of methoxy groups -OCH3 is 1. The molecule has 24 heavy (non-hydrogen) atoms. The molecule has 1 amide bonds. The lowest BCUT2D eigenvalue weighted by atomic mass is 9.81. The molecule has 2 N–H and O–H groups in total. The molecule has 3 rings (SSSR count). The van der Waals surface area contributed by atoms with Gasteiger partial charge in [-0.05, 0) is 43.0 Å². The third kappa shape index (κ3) is 3.49. The van der Waals surface area contributed by atoms with Crippen LogP contribution >= 0.6 is 12.4 Å². The minimum absolute atomic E-state index is 0. The molecule has 0 spiro atoms. The molecule has 0 bridgehead atoms. The monoisotopic (exact) mass is 354 g/mol. The van der Waals surface area contributed by atoms with E-state index in [4.69, 9.17) is 4.74 Å². The van der Waals surface area contributed by atoms with E-state index in [0.29, 0.717) is 18.8 Å². The van der Waals surface area contributed by atoms with Crippen molar-refractivity contribution in [1.29, 1.82) is 0 Å². The number of benzene rings is 1. The lowest BCUT2D eigenvalue weighted by molar-refractivity contribution is -0.149. The summed E-state index contributed by atoms with van der Waals surface area (Å²) < 4.78 is 5.08. The van der Waals surface area contributed by atoms with Crippen molar-refractivity contribution >= 4 is 30.0 Å². The molecule has 2 fully saturated rings. The molecule has 0 unspecified atom stereocenters. The maximum absolute atomic E-state index is 12.2. The molecule has 1 aliphatic heterocycles. The number of nitrogens with zero attached hydrogens (tertiary/aromatic N) is 1. The number of carbonyl (C=O) groups is 2. The summed E-state index contributed by atoms with van der Waals surface area (Å²) in [7, 11) is 1.59. The van der Waals surface area contributed by atoms with Gasteiger partial charge < -0.3 is 15.2 Å². The zero-order valence-corrected chi connectivity index (χ0v) is 14.5. The van der Waals surface area contributed by atoms with E-state index < -0.39 is 11.4 Å². The summed E-state index contributed by atoms with van der Waals surface area (Å²) in [6.07, 6.45) is 2.65. The Bertz CT molecular complexity index is 607. The lowest BCUT2D eigenvalue weighted by Gasteiger charge is -2.23. The molecule has 1 aromatic rings. The number of hydrogen-bond acceptors (Lipinski definition) is 4. The first-order valence-corrected chi connectivity index (χ1v) is 7.93. The number of amides is 1. The standard InChI is InChI=1S/C17H22N2O4.ClH/c1-23-14-6-4-13(5-7-14)18-15(20)10-19-9-12-3-2-8-17(12,11-19)16(21)22;/h4-7,12H,2-3,8-11H2,1H3,(H,18,20)(H,21,22);1H/t12-,17+;/m0./s1. The molecule has 6 nitrogen and oxygen atoms in total. The highest BCUT2D eigenvalue weighted by atomic mass is 35.5. The number of ether oxygens (including phenoxy) is 1. The molecule has 1 aliphatic carbocycles. The van der Waals surface area contributed by atoms with Crippen molar-refractivity contribution in [2.75, 3.05) is 32.1 Å². The Labute approximate surface area is 147 Å². The Kier molecular flexibility index (Phi) is 5.72. The van der Waals surface area contributed by atoms with Crippen LogP contribution in [-0.4, -0.2) is 48.6 Å². The summed E-state index contributed by atoms with van der Waals surface area (Å²) in [4.78, 5) is 25.8. The van der Waals surface area contributed by atoms with Crippen LogP contribution in [0.25, 0.3) is 0 Å². The van der Waals surface area contributed by atoms with Crippen LogP contribution in [0.1, 0.15) is 19.3 Å². The van der Waals surface area contributed by atoms with E-state index in [1.54, 1.807) is 31.4 Å². The second-order valence-electron chi connectivity index (χ2n) is 6.50. The van der Waals surface area contributed by atoms with Crippen LogP contribution in [0.3, 0.4) is 0 Å². The fourth-order valence-corrected chi connectivity index (χ4v) is 3.94. The molecule has 7 heteroatoms. The van der Waals surface area contributed by atoms with E-state index in [2.05, 4.69) is 5.32 Å². The van der Waals surface area contributed by atoms with E-state index in [1.807, 2.05) is 4.90 Å². The molecule has 0 radical (unpaired) electrons. The Hall–Kier alpha value is -1.79. The number of anilines is 1. The summed E-state index contributed by atoms with van der Waals surface area (Å²) in [5.41, 5.74) is 0.0727. The minimum Gasteiger partial charge on any atom is -0.497 e. The summed E-state index contributed by atoms with van der Waals surface area (Å²) in [6.45, 7) is 1.41. The molecule has 132 valence electrons. The van der Waals surface area contributed by atoms with Crippen LogP contribution < -0.4 is 10.1 Å². The fraction of sp³-hybridized carbons (Fsp3) is 0.529. The van der Waals surface area contributed by atoms with Gasteiger partial charge in [-0.15, -0.1) is 12.4 Å². The Morgan fingerprint density at radius 1 is 1.38 bits per heavy atom. The third-order valence-electron chi connectivity index (χ3n) is 5.11. The number of nitrogens with one attached hydrogen (secondary N) is 1. The van der Waals surface area contributed by atoms with Gasteiger partial charge in [-0.3, -0.25) is 14.5 Å². The first-order valence-electron chi connectivity index (χ1n) is 7.93. The molecule has 1 aromatic carbocycles. The smallest absolute Gasteiger partial charge is 0.311 e. The maximum atomic E-state index is 12.2. The highest BCUT2D eigenvalue weighted by molar-refractivity contribution is 5.92. The van der Waals surface area contributed by atoms with Gasteiger partial charge in [0, 0.05) is 18.8 Å². The van der Waals surface area contributed by atoms with Crippen LogP contribution in [0.15, 0.2) is 24.3 Å². The molecule has 1 saturated carbocycles. The predicted molar refractivity (Wildman–Crippen MR) is 92.7 cm³/mol. The Morgan fingerprint density at radius 2 is 2.08 bits per heavy atom. The van der Waals surface area contributed by atoms with Crippen molar-refractivity contribution in [1.82, 2.24) is 4.90 Å². The van der Waals surface area contributed by atoms with Crippen molar-refractivity contribution in [3.05, 3.63) is 24.3 Å². The average Bonchev–Trinajstić information content (AvgIpc) is 3.05. The van der Waals surface area contributed by atoms with Gasteiger partial charge in [0.25, 0.3) is 0 Å². The molecule has 2 atom stereocenters. The van der Waals surface area contributed by atoms with Gasteiger partial charge >= 0.3 is 5.97 Å². The number of fused-ring (bicyclic) bond motifs is 1. The number of carboxylic acid groups (broad SMARTS) is 1. The van der Waals surface area contributed by atoms with E-state index in [0.717, 1.165) is 25.0 Å². The number of halogens is 1. The average molecular weight is 355 g/mol. The zero-order chi connectivity index (χ0) is 16.4. The lowest BCUT2D eigenvalue weighted by Crippen LogP contribution is -2.37. The number of carbonyl (C=O) groups excluding carboxylic acids is 1. The highest BCUT2D eigenvalue weighted by Crippen LogP contribution is 2.48. The van der Waals surface area contributed by atoms with E-state index in [-0.39, 0.29) is 30.8 Å². The van der Waals surface area contributed by atoms with Gasteiger partial charge in [0.2, 0.25) is 5.91 Å². The molecule has 1 heterocycles. The summed E-state index contributed by atoms with van der Waals surface area (Å²) in [5.74, 6) is 0.0845. The molecule has 2 aliphatic rings. The third-order valence-corrected chi connectivity index (χ3v) is 5.11. The largest absolute Gasteiger partial charge is 0.497 e. The van der Waals surface area contributed by atoms with Crippen LogP contribution in [0, 0.1) is 11.3 Å². The normalized spacial score (nSPS) is 25.6. The van der Waals surface area contributed by atoms with Gasteiger partial charge in [0.05, 0.1) is 19.1 Å². The zero-order valence-electron chi connectivity index (χ0n) is 13.7. The topological polar surface area (TPSA) is 78.9 Å². The molecule has 0 aromatic heterocycles. The van der Waals surface area contributed by atoms with Crippen molar-refractivity contribution in [2.24, 2.45) is 11.3 Å². The Morgan fingerprint density at radius 3 is 2.67 bits per heavy atom. The van der Waals surface area contributed by atoms with Gasteiger partial charge in [0.15, 0.2) is 0 Å². The van der Waals surface area contributed by atoms with Gasteiger partial charge in [-0.1, -0.05) is 6.42 Å². The Balaban J connectivity index is 0.00000208. The minimum atomic E-state index is -0.710. The van der Waals surface area contributed by atoms with Crippen LogP contribution in [0.2, 0.25) is 0 Å². The summed E-state index contributed by atoms with van der Waals surface area (Å²) in [6, 6.07) is 7.15. The van der Waals surface area contributed by atoms with Gasteiger partial charge in [-0.2, -0.15) is 0 Å². The van der Waals surface area contributed by atoms with Gasteiger partial charge in [-0.25, -0.2) is 0 Å². The second-order valence-corrected chi connectivity index (χ2v) is 6.50. The van der Waals surface area contributed by atoms with Crippen LogP contribution in [0.4, 0.5) is 5.69 Å². The van der Waals surface area contributed by atoms with E-state index in [9.17, 15) is 14.7 Å². The second kappa shape index (κ2) is 7.40. The first-order chi connectivity index (χ1) is 11.0. The highest BCUT2D eigenvalue weighted by Gasteiger charge is 2.54. The SMILES string of the molecule is COc1ccc(NC(=O)CN2C[C@@H]3CCC[C@@]3(C(=O)O)C2)cc1.Cl.